The minimum atomic E-state index is 0.914. The van der Waals surface area contributed by atoms with Gasteiger partial charge in [-0.05, 0) is 74.2 Å². The molecule has 0 N–H and O–H groups in total. The van der Waals surface area contributed by atoms with Gasteiger partial charge in [-0.15, -0.1) is 0 Å². The largest absolute Gasteiger partial charge is 0.241 e. The highest BCUT2D eigenvalue weighted by Crippen LogP contribution is 2.43. The van der Waals surface area contributed by atoms with Crippen LogP contribution in [0.2, 0.25) is 0 Å². The standard InChI is InChI=1S/C32H56N2/c1-3-5-7-9-11-13-27-15-20-30(21-16-27)31-22-17-28(18-23-31)19-24-32-33-25-29(26-34-32)14-12-10-8-6-4-2/h25-28,30-31H,3-24H2,1-2H3/t27-,28-,30-,31-. The summed E-state index contributed by atoms with van der Waals surface area (Å²) in [5.41, 5.74) is 1.33. The van der Waals surface area contributed by atoms with E-state index in [2.05, 4.69) is 26.2 Å². The van der Waals surface area contributed by atoms with Gasteiger partial charge in [-0.1, -0.05) is 104 Å². The molecule has 0 aliphatic heterocycles. The molecule has 3 rings (SSSR count). The van der Waals surface area contributed by atoms with Gasteiger partial charge in [0.05, 0.1) is 0 Å². The maximum absolute atomic E-state index is 4.70. The third-order valence-corrected chi connectivity index (χ3v) is 9.27. The molecule has 34 heavy (non-hydrogen) atoms. The first-order valence-electron chi connectivity index (χ1n) is 15.6. The normalized spacial score (nSPS) is 25.5. The fourth-order valence-electron chi connectivity index (χ4n) is 6.84. The van der Waals surface area contributed by atoms with E-state index in [4.69, 9.17) is 9.97 Å². The molecule has 0 radical (unpaired) electrons. The average molecular weight is 469 g/mol. The highest BCUT2D eigenvalue weighted by Gasteiger charge is 2.30. The second-order valence-electron chi connectivity index (χ2n) is 12.0. The van der Waals surface area contributed by atoms with Crippen molar-refractivity contribution >= 4 is 0 Å². The third-order valence-electron chi connectivity index (χ3n) is 9.27. The van der Waals surface area contributed by atoms with E-state index in [0.29, 0.717) is 0 Å². The lowest BCUT2D eigenvalue weighted by molar-refractivity contribution is 0.140. The minimum Gasteiger partial charge on any atom is -0.241 e. The summed E-state index contributed by atoms with van der Waals surface area (Å²) in [5.74, 6) is 5.13. The van der Waals surface area contributed by atoms with Crippen LogP contribution in [0.5, 0.6) is 0 Å². The number of rotatable bonds is 16. The maximum atomic E-state index is 4.70. The molecule has 0 amide bonds. The summed E-state index contributed by atoms with van der Waals surface area (Å²) in [6.45, 7) is 4.60. The van der Waals surface area contributed by atoms with Crippen molar-refractivity contribution in [2.45, 2.75) is 155 Å². The Morgan fingerprint density at radius 3 is 1.62 bits per heavy atom. The van der Waals surface area contributed by atoms with Crippen molar-refractivity contribution in [3.8, 4) is 0 Å². The zero-order valence-corrected chi connectivity index (χ0v) is 22.9. The quantitative estimate of drug-likeness (QED) is 0.225. The van der Waals surface area contributed by atoms with E-state index < -0.39 is 0 Å². The van der Waals surface area contributed by atoms with Crippen molar-refractivity contribution in [1.29, 1.82) is 0 Å². The van der Waals surface area contributed by atoms with Crippen molar-refractivity contribution in [2.75, 3.05) is 0 Å². The number of hydrogen-bond acceptors (Lipinski definition) is 2. The second-order valence-corrected chi connectivity index (χ2v) is 12.0. The summed E-state index contributed by atoms with van der Waals surface area (Å²) in [6, 6.07) is 0. The Hall–Kier alpha value is -0.920. The molecular weight excluding hydrogens is 412 g/mol. The van der Waals surface area contributed by atoms with E-state index in [0.717, 1.165) is 42.3 Å². The van der Waals surface area contributed by atoms with Crippen LogP contribution >= 0.6 is 0 Å². The van der Waals surface area contributed by atoms with Crippen LogP contribution in [0.15, 0.2) is 12.4 Å². The number of nitrogens with zero attached hydrogens (tertiary/aromatic N) is 2. The van der Waals surface area contributed by atoms with Gasteiger partial charge in [-0.2, -0.15) is 0 Å². The molecule has 2 nitrogen and oxygen atoms in total. The first kappa shape index (κ1) is 27.7. The summed E-state index contributed by atoms with van der Waals surface area (Å²) < 4.78 is 0. The van der Waals surface area contributed by atoms with Crippen LogP contribution in [0.4, 0.5) is 0 Å². The average Bonchev–Trinajstić information content (AvgIpc) is 2.89. The van der Waals surface area contributed by atoms with Gasteiger partial charge in [0.25, 0.3) is 0 Å². The molecule has 2 heteroatoms. The van der Waals surface area contributed by atoms with Gasteiger partial charge in [0.2, 0.25) is 0 Å². The van der Waals surface area contributed by atoms with Crippen LogP contribution in [0.3, 0.4) is 0 Å². The molecule has 194 valence electrons. The summed E-state index contributed by atoms with van der Waals surface area (Å²) in [6.07, 6.45) is 35.2. The molecule has 1 aromatic rings. The topological polar surface area (TPSA) is 25.8 Å². The molecule has 2 fully saturated rings. The molecule has 2 aliphatic carbocycles. The maximum Gasteiger partial charge on any atom is 0.128 e. The van der Waals surface area contributed by atoms with Gasteiger partial charge < -0.3 is 0 Å². The van der Waals surface area contributed by atoms with Crippen molar-refractivity contribution in [3.63, 3.8) is 0 Å². The summed E-state index contributed by atoms with van der Waals surface area (Å²) in [5, 5.41) is 0. The first-order valence-corrected chi connectivity index (χ1v) is 15.6. The predicted molar refractivity (Wildman–Crippen MR) is 147 cm³/mol. The van der Waals surface area contributed by atoms with E-state index in [9.17, 15) is 0 Å². The lowest BCUT2D eigenvalue weighted by Crippen LogP contribution is -2.26. The van der Waals surface area contributed by atoms with Gasteiger partial charge in [-0.25, -0.2) is 9.97 Å². The van der Waals surface area contributed by atoms with Gasteiger partial charge in [0.1, 0.15) is 5.82 Å². The first-order chi connectivity index (χ1) is 16.8. The van der Waals surface area contributed by atoms with Crippen LogP contribution in [0.1, 0.15) is 154 Å². The van der Waals surface area contributed by atoms with Crippen LogP contribution < -0.4 is 0 Å². The Labute approximate surface area is 212 Å². The molecule has 1 aromatic heterocycles. The molecule has 0 saturated heterocycles. The molecule has 0 aromatic carbocycles. The molecule has 0 atom stereocenters. The third kappa shape index (κ3) is 10.4. The van der Waals surface area contributed by atoms with Gasteiger partial charge in [-0.3, -0.25) is 0 Å². The van der Waals surface area contributed by atoms with Gasteiger partial charge >= 0.3 is 0 Å². The Bertz CT molecular complexity index is 608. The monoisotopic (exact) mass is 468 g/mol. The Morgan fingerprint density at radius 2 is 1.06 bits per heavy atom. The Balaban J connectivity index is 1.24. The molecule has 0 bridgehead atoms. The zero-order valence-electron chi connectivity index (χ0n) is 22.9. The number of unbranched alkanes of at least 4 members (excludes halogenated alkanes) is 8. The minimum absolute atomic E-state index is 0.914. The highest BCUT2D eigenvalue weighted by molar-refractivity contribution is 5.05. The SMILES string of the molecule is CCCCCCCc1cnc(CC[C@H]2CC[C@H]([C@H]3CC[C@H](CCCCCCC)CC3)CC2)nc1. The van der Waals surface area contributed by atoms with Gasteiger partial charge in [0, 0.05) is 18.8 Å². The fraction of sp³-hybridized carbons (Fsp3) is 0.875. The zero-order chi connectivity index (χ0) is 23.8. The van der Waals surface area contributed by atoms with Crippen molar-refractivity contribution in [3.05, 3.63) is 23.8 Å². The Kier molecular flexibility index (Phi) is 13.6. The van der Waals surface area contributed by atoms with Crippen LogP contribution in [-0.2, 0) is 12.8 Å². The van der Waals surface area contributed by atoms with Crippen LogP contribution in [-0.4, -0.2) is 9.97 Å². The number of aryl methyl sites for hydroxylation is 2. The number of aromatic nitrogens is 2. The Morgan fingerprint density at radius 1 is 0.559 bits per heavy atom. The van der Waals surface area contributed by atoms with E-state index in [1.165, 1.54) is 134 Å². The van der Waals surface area contributed by atoms with Crippen molar-refractivity contribution < 1.29 is 0 Å². The molecule has 2 saturated carbocycles. The smallest absolute Gasteiger partial charge is 0.128 e. The van der Waals surface area contributed by atoms with Crippen LogP contribution in [0, 0.1) is 23.7 Å². The fourth-order valence-corrected chi connectivity index (χ4v) is 6.84. The summed E-state index contributed by atoms with van der Waals surface area (Å²) >= 11 is 0. The molecule has 1 heterocycles. The van der Waals surface area contributed by atoms with Crippen LogP contribution in [0.25, 0.3) is 0 Å². The number of hydrogen-bond donors (Lipinski definition) is 0. The van der Waals surface area contributed by atoms with E-state index >= 15 is 0 Å². The summed E-state index contributed by atoms with van der Waals surface area (Å²) in [4.78, 5) is 9.40. The van der Waals surface area contributed by atoms with E-state index in [1.807, 2.05) is 0 Å². The molecule has 0 spiro atoms. The predicted octanol–water partition coefficient (Wildman–Crippen LogP) is 9.90. The van der Waals surface area contributed by atoms with E-state index in [1.54, 1.807) is 0 Å². The molecular formula is C32H56N2. The highest BCUT2D eigenvalue weighted by atomic mass is 14.9. The lowest BCUT2D eigenvalue weighted by atomic mass is 9.68. The van der Waals surface area contributed by atoms with E-state index in [-0.39, 0.29) is 0 Å². The molecule has 2 aliphatic rings. The van der Waals surface area contributed by atoms with Gasteiger partial charge in [0.15, 0.2) is 0 Å². The summed E-state index contributed by atoms with van der Waals surface area (Å²) in [7, 11) is 0. The van der Waals surface area contributed by atoms with Crippen molar-refractivity contribution in [1.82, 2.24) is 9.97 Å². The lowest BCUT2D eigenvalue weighted by Gasteiger charge is -2.38. The molecule has 0 unspecified atom stereocenters. The second kappa shape index (κ2) is 16.7. The van der Waals surface area contributed by atoms with Crippen molar-refractivity contribution in [2.24, 2.45) is 23.7 Å².